The highest BCUT2D eigenvalue weighted by molar-refractivity contribution is 6.02. The number of nitrogens with zero attached hydrogens (tertiary/aromatic N) is 1. The zero-order chi connectivity index (χ0) is 26.8. The first-order valence-corrected chi connectivity index (χ1v) is 14.0. The molecule has 0 heterocycles. The van der Waals surface area contributed by atoms with Crippen LogP contribution in [0.25, 0.3) is 0 Å². The van der Waals surface area contributed by atoms with Crippen molar-refractivity contribution < 1.29 is 19.5 Å². The van der Waals surface area contributed by atoms with Gasteiger partial charge in [0.1, 0.15) is 6.07 Å². The number of fused-ring (bicyclic) bond motifs is 7. The number of hydrogen-bond donors (Lipinski definition) is 1. The van der Waals surface area contributed by atoms with Crippen molar-refractivity contribution in [3.63, 3.8) is 0 Å². The van der Waals surface area contributed by atoms with Crippen molar-refractivity contribution in [2.75, 3.05) is 0 Å². The molecule has 0 aromatic carbocycles. The fourth-order valence-corrected chi connectivity index (χ4v) is 9.27. The van der Waals surface area contributed by atoms with E-state index >= 15 is 0 Å². The third kappa shape index (κ3) is 3.50. The number of nitriles is 1. The highest BCUT2D eigenvalue weighted by atomic mass is 16.4. The number of Topliss-reactive ketones (excluding diaryl/α,β-unsaturated/α-hetero) is 1. The first-order chi connectivity index (χ1) is 16.8. The van der Waals surface area contributed by atoms with E-state index in [4.69, 9.17) is 0 Å². The lowest BCUT2D eigenvalue weighted by molar-refractivity contribution is -0.174. The van der Waals surface area contributed by atoms with Gasteiger partial charge in [0, 0.05) is 17.3 Å². The number of carboxylic acids is 1. The molecule has 5 nitrogen and oxygen atoms in total. The lowest BCUT2D eigenvalue weighted by Crippen LogP contribution is -2.61. The maximum Gasteiger partial charge on any atom is 0.309 e. The van der Waals surface area contributed by atoms with E-state index in [2.05, 4.69) is 33.8 Å². The molecule has 0 saturated heterocycles. The Bertz CT molecular complexity index is 1090. The van der Waals surface area contributed by atoms with E-state index in [1.807, 2.05) is 32.9 Å². The zero-order valence-corrected chi connectivity index (χ0v) is 23.1. The van der Waals surface area contributed by atoms with Crippen LogP contribution in [0.3, 0.4) is 0 Å². The van der Waals surface area contributed by atoms with Crippen molar-refractivity contribution in [1.29, 1.82) is 5.26 Å². The predicted octanol–water partition coefficient (Wildman–Crippen LogP) is 6.54. The van der Waals surface area contributed by atoms with Gasteiger partial charge in [-0.3, -0.25) is 14.4 Å². The molecule has 1 N–H and O–H groups in total. The molecule has 5 rings (SSSR count). The quantitative estimate of drug-likeness (QED) is 0.448. The number of carbonyl (C=O) groups is 3. The third-order valence-electron chi connectivity index (χ3n) is 11.1. The van der Waals surface area contributed by atoms with Gasteiger partial charge in [-0.1, -0.05) is 60.1 Å². The number of carbonyl (C=O) groups excluding carboxylic acids is 2. The minimum Gasteiger partial charge on any atom is -0.481 e. The molecule has 3 fully saturated rings. The molecule has 8 atom stereocenters. The van der Waals surface area contributed by atoms with E-state index in [1.54, 1.807) is 0 Å². The molecule has 0 radical (unpaired) electrons. The van der Waals surface area contributed by atoms with Gasteiger partial charge in [0.25, 0.3) is 0 Å². The molecule has 0 aromatic rings. The Morgan fingerprint density at radius 3 is 2.25 bits per heavy atom. The van der Waals surface area contributed by atoms with Crippen LogP contribution in [-0.2, 0) is 14.4 Å². The molecular formula is C31H43NO4. The van der Waals surface area contributed by atoms with Gasteiger partial charge in [-0.2, -0.15) is 5.26 Å². The molecule has 5 aliphatic carbocycles. The Morgan fingerprint density at radius 2 is 1.64 bits per heavy atom. The SMILES string of the molecule is CC.CC1C(=O)C(C#N)=CC2(C)C3=CC(=O)C4C(CCC5(C(=O)O)CCC(C)(C)CC45)C3(C)CCC12. The van der Waals surface area contributed by atoms with Crippen LogP contribution in [0.1, 0.15) is 93.4 Å². The Kier molecular flexibility index (Phi) is 6.47. The highest BCUT2D eigenvalue weighted by Crippen LogP contribution is 2.69. The van der Waals surface area contributed by atoms with Crippen LogP contribution < -0.4 is 0 Å². The molecule has 0 aliphatic heterocycles. The molecule has 3 saturated carbocycles. The van der Waals surface area contributed by atoms with E-state index in [-0.39, 0.29) is 57.6 Å². The van der Waals surface area contributed by atoms with Gasteiger partial charge in [-0.25, -0.2) is 0 Å². The van der Waals surface area contributed by atoms with E-state index in [9.17, 15) is 24.8 Å². The highest BCUT2D eigenvalue weighted by Gasteiger charge is 2.66. The summed E-state index contributed by atoms with van der Waals surface area (Å²) in [6, 6.07) is 2.12. The van der Waals surface area contributed by atoms with Crippen LogP contribution in [0.4, 0.5) is 0 Å². The Balaban J connectivity index is 0.00000148. The van der Waals surface area contributed by atoms with Gasteiger partial charge in [-0.15, -0.1) is 0 Å². The average molecular weight is 494 g/mol. The van der Waals surface area contributed by atoms with Gasteiger partial charge in [0.05, 0.1) is 11.0 Å². The van der Waals surface area contributed by atoms with Crippen LogP contribution >= 0.6 is 0 Å². The third-order valence-corrected chi connectivity index (χ3v) is 11.1. The summed E-state index contributed by atoms with van der Waals surface area (Å²) in [7, 11) is 0. The van der Waals surface area contributed by atoms with Gasteiger partial charge < -0.3 is 5.11 Å². The monoisotopic (exact) mass is 493 g/mol. The van der Waals surface area contributed by atoms with Crippen molar-refractivity contribution in [3.05, 3.63) is 23.3 Å². The van der Waals surface area contributed by atoms with Gasteiger partial charge in [0.2, 0.25) is 0 Å². The normalized spacial score (nSPS) is 44.7. The summed E-state index contributed by atoms with van der Waals surface area (Å²) in [5.41, 5.74) is -0.202. The molecule has 0 spiro atoms. The molecule has 5 heteroatoms. The Morgan fingerprint density at radius 1 is 1.00 bits per heavy atom. The van der Waals surface area contributed by atoms with Crippen LogP contribution in [0, 0.1) is 62.6 Å². The molecular weight excluding hydrogens is 450 g/mol. The predicted molar refractivity (Wildman–Crippen MR) is 139 cm³/mol. The summed E-state index contributed by atoms with van der Waals surface area (Å²) in [5, 5.41) is 20.0. The van der Waals surface area contributed by atoms with Crippen LogP contribution in [-0.4, -0.2) is 22.6 Å². The summed E-state index contributed by atoms with van der Waals surface area (Å²) in [4.78, 5) is 39.4. The minimum atomic E-state index is -0.797. The standard InChI is InChI=1S/C29H37NO4.C2H6/c1-16-18-6-8-27(4)19-7-9-29(25(33)34)11-10-26(2,3)14-20(29)23(19)21(31)12-22(27)28(18,5)13-17(15-30)24(16)32;1-2/h12-13,16,18-20,23H,6-11,14H2,1-5H3,(H,33,34);1-2H3. The molecule has 196 valence electrons. The van der Waals surface area contributed by atoms with E-state index in [1.165, 1.54) is 0 Å². The van der Waals surface area contributed by atoms with E-state index < -0.39 is 16.8 Å². The van der Waals surface area contributed by atoms with Crippen LogP contribution in [0.5, 0.6) is 0 Å². The molecule has 5 aliphatic rings. The molecule has 0 bridgehead atoms. The van der Waals surface area contributed by atoms with Crippen molar-refractivity contribution in [2.24, 2.45) is 51.2 Å². The fraction of sp³-hybridized carbons (Fsp3) is 0.742. The molecule has 0 aromatic heterocycles. The number of aliphatic carboxylic acids is 1. The van der Waals surface area contributed by atoms with Crippen LogP contribution in [0.15, 0.2) is 23.3 Å². The molecule has 8 unspecified atom stereocenters. The lowest BCUT2D eigenvalue weighted by atomic mass is 9.39. The zero-order valence-electron chi connectivity index (χ0n) is 23.1. The summed E-state index contributed by atoms with van der Waals surface area (Å²) in [5.74, 6) is -1.19. The smallest absolute Gasteiger partial charge is 0.309 e. The largest absolute Gasteiger partial charge is 0.481 e. The topological polar surface area (TPSA) is 95.2 Å². The summed E-state index contributed by atoms with van der Waals surface area (Å²) < 4.78 is 0. The lowest BCUT2D eigenvalue weighted by Gasteiger charge is -2.63. The Labute approximate surface area is 216 Å². The second-order valence-electron chi connectivity index (χ2n) is 13.2. The number of allylic oxidation sites excluding steroid dienone is 4. The number of carboxylic acid groups (broad SMARTS) is 1. The first kappa shape index (κ1) is 26.8. The number of hydrogen-bond acceptors (Lipinski definition) is 4. The summed E-state index contributed by atoms with van der Waals surface area (Å²) >= 11 is 0. The second-order valence-corrected chi connectivity index (χ2v) is 13.2. The van der Waals surface area contributed by atoms with E-state index in [0.717, 1.165) is 37.7 Å². The summed E-state index contributed by atoms with van der Waals surface area (Å²) in [6.45, 7) is 14.7. The van der Waals surface area contributed by atoms with Gasteiger partial charge in [0.15, 0.2) is 11.6 Å². The minimum absolute atomic E-state index is 0.0317. The first-order valence-electron chi connectivity index (χ1n) is 14.0. The van der Waals surface area contributed by atoms with Crippen LogP contribution in [0.2, 0.25) is 0 Å². The van der Waals surface area contributed by atoms with Crippen molar-refractivity contribution in [2.45, 2.75) is 93.4 Å². The average Bonchev–Trinajstić information content (AvgIpc) is 2.83. The van der Waals surface area contributed by atoms with Gasteiger partial charge >= 0.3 is 5.97 Å². The van der Waals surface area contributed by atoms with Crippen molar-refractivity contribution in [1.82, 2.24) is 0 Å². The maximum atomic E-state index is 13.9. The van der Waals surface area contributed by atoms with Crippen molar-refractivity contribution in [3.8, 4) is 6.07 Å². The molecule has 36 heavy (non-hydrogen) atoms. The Hall–Kier alpha value is -2.22. The van der Waals surface area contributed by atoms with E-state index in [0.29, 0.717) is 12.8 Å². The number of ketones is 2. The fourth-order valence-electron chi connectivity index (χ4n) is 9.27. The van der Waals surface area contributed by atoms with Crippen molar-refractivity contribution >= 4 is 17.5 Å². The second kappa shape index (κ2) is 8.67. The van der Waals surface area contributed by atoms with Gasteiger partial charge in [-0.05, 0) is 79.6 Å². The number of rotatable bonds is 1. The molecule has 0 amide bonds. The summed E-state index contributed by atoms with van der Waals surface area (Å²) in [6.07, 6.45) is 9.15. The maximum absolute atomic E-state index is 13.9.